The molecule has 0 aromatic heterocycles. The van der Waals surface area contributed by atoms with Crippen LogP contribution >= 0.6 is 0 Å². The molecule has 0 aliphatic heterocycles. The fourth-order valence-electron chi connectivity index (χ4n) is 2.66. The number of rotatable bonds is 3. The third-order valence-corrected chi connectivity index (χ3v) is 3.87. The number of nitrogens with two attached hydrogens (primary N) is 1. The van der Waals surface area contributed by atoms with Crippen molar-refractivity contribution in [3.8, 4) is 0 Å². The predicted octanol–water partition coefficient (Wildman–Crippen LogP) is 2.86. The molecule has 2 aromatic carbocycles. The van der Waals surface area contributed by atoms with Crippen molar-refractivity contribution in [3.05, 3.63) is 65.2 Å². The number of nitrogen functional groups attached to an aromatic ring is 1. The molecular weight excluding hydrogens is 248 g/mol. The second kappa shape index (κ2) is 5.00. The molecule has 3 N–H and O–H groups in total. The second-order valence-electron chi connectivity index (χ2n) is 5.37. The molecule has 102 valence electrons. The van der Waals surface area contributed by atoms with Crippen molar-refractivity contribution in [2.24, 2.45) is 0 Å². The average molecular weight is 266 g/mol. The van der Waals surface area contributed by atoms with E-state index in [9.17, 15) is 4.79 Å². The molecular formula is C17H18N2O. The smallest absolute Gasteiger partial charge is 0.253 e. The molecule has 20 heavy (non-hydrogen) atoms. The SMILES string of the molecule is Cc1cccc(N)c1C(=O)NC1CC1c1ccccc1. The number of anilines is 1. The van der Waals surface area contributed by atoms with Crippen LogP contribution in [-0.2, 0) is 0 Å². The van der Waals surface area contributed by atoms with Gasteiger partial charge < -0.3 is 11.1 Å². The zero-order chi connectivity index (χ0) is 14.1. The van der Waals surface area contributed by atoms with Crippen molar-refractivity contribution < 1.29 is 4.79 Å². The highest BCUT2D eigenvalue weighted by Crippen LogP contribution is 2.40. The molecule has 0 bridgehead atoms. The van der Waals surface area contributed by atoms with Crippen LogP contribution in [0.4, 0.5) is 5.69 Å². The lowest BCUT2D eigenvalue weighted by molar-refractivity contribution is 0.0950. The highest BCUT2D eigenvalue weighted by molar-refractivity contribution is 6.00. The van der Waals surface area contributed by atoms with Crippen LogP contribution < -0.4 is 11.1 Å². The Bertz CT molecular complexity index is 616. The summed E-state index contributed by atoms with van der Waals surface area (Å²) in [4.78, 5) is 12.3. The Balaban J connectivity index is 1.70. The van der Waals surface area contributed by atoms with Crippen molar-refractivity contribution in [2.45, 2.75) is 25.3 Å². The monoisotopic (exact) mass is 266 g/mol. The number of aryl methyl sites for hydroxylation is 1. The van der Waals surface area contributed by atoms with Crippen LogP contribution in [0.15, 0.2) is 48.5 Å². The minimum Gasteiger partial charge on any atom is -0.398 e. The van der Waals surface area contributed by atoms with Crippen LogP contribution in [0.3, 0.4) is 0 Å². The summed E-state index contributed by atoms with van der Waals surface area (Å²) in [6.07, 6.45) is 1.00. The molecule has 1 fully saturated rings. The molecule has 2 unspecified atom stereocenters. The Morgan fingerprint density at radius 3 is 2.60 bits per heavy atom. The van der Waals surface area contributed by atoms with Gasteiger partial charge in [-0.1, -0.05) is 42.5 Å². The summed E-state index contributed by atoms with van der Waals surface area (Å²) >= 11 is 0. The summed E-state index contributed by atoms with van der Waals surface area (Å²) in [6, 6.07) is 16.1. The van der Waals surface area contributed by atoms with E-state index in [-0.39, 0.29) is 11.9 Å². The second-order valence-corrected chi connectivity index (χ2v) is 5.37. The molecule has 3 rings (SSSR count). The van der Waals surface area contributed by atoms with Gasteiger partial charge in [0.05, 0.1) is 5.56 Å². The number of amides is 1. The Kier molecular flexibility index (Phi) is 3.18. The van der Waals surface area contributed by atoms with E-state index in [0.29, 0.717) is 17.2 Å². The van der Waals surface area contributed by atoms with E-state index < -0.39 is 0 Å². The summed E-state index contributed by atoms with van der Waals surface area (Å²) in [5.41, 5.74) is 9.25. The Hall–Kier alpha value is -2.29. The first kappa shape index (κ1) is 12.7. The number of nitrogens with one attached hydrogen (secondary N) is 1. The molecule has 0 spiro atoms. The summed E-state index contributed by atoms with van der Waals surface area (Å²) in [6.45, 7) is 1.91. The minimum absolute atomic E-state index is 0.0657. The maximum atomic E-state index is 12.3. The van der Waals surface area contributed by atoms with E-state index in [0.717, 1.165) is 12.0 Å². The van der Waals surface area contributed by atoms with Gasteiger partial charge in [0.25, 0.3) is 5.91 Å². The number of hydrogen-bond acceptors (Lipinski definition) is 2. The van der Waals surface area contributed by atoms with Crippen molar-refractivity contribution >= 4 is 11.6 Å². The van der Waals surface area contributed by atoms with Crippen LogP contribution in [-0.4, -0.2) is 11.9 Å². The van der Waals surface area contributed by atoms with Crippen LogP contribution in [0.5, 0.6) is 0 Å². The normalized spacial score (nSPS) is 20.4. The molecule has 0 heterocycles. The quantitative estimate of drug-likeness (QED) is 0.839. The van der Waals surface area contributed by atoms with Gasteiger partial charge in [-0.25, -0.2) is 0 Å². The molecule has 0 saturated heterocycles. The third-order valence-electron chi connectivity index (χ3n) is 3.87. The molecule has 0 radical (unpaired) electrons. The first-order chi connectivity index (χ1) is 9.66. The largest absolute Gasteiger partial charge is 0.398 e. The molecule has 1 saturated carbocycles. The Morgan fingerprint density at radius 1 is 1.15 bits per heavy atom. The lowest BCUT2D eigenvalue weighted by Gasteiger charge is -2.10. The van der Waals surface area contributed by atoms with Crippen molar-refractivity contribution in [2.75, 3.05) is 5.73 Å². The zero-order valence-corrected chi connectivity index (χ0v) is 11.5. The van der Waals surface area contributed by atoms with Gasteiger partial charge in [-0.2, -0.15) is 0 Å². The van der Waals surface area contributed by atoms with Gasteiger partial charge in [0.2, 0.25) is 0 Å². The summed E-state index contributed by atoms with van der Waals surface area (Å²) in [5.74, 6) is 0.370. The van der Waals surface area contributed by atoms with Crippen molar-refractivity contribution in [1.29, 1.82) is 0 Å². The number of benzene rings is 2. The molecule has 2 atom stereocenters. The minimum atomic E-state index is -0.0657. The van der Waals surface area contributed by atoms with E-state index in [1.807, 2.05) is 37.3 Å². The zero-order valence-electron chi connectivity index (χ0n) is 11.5. The molecule has 1 aliphatic carbocycles. The Morgan fingerprint density at radius 2 is 1.90 bits per heavy atom. The maximum absolute atomic E-state index is 12.3. The molecule has 2 aromatic rings. The van der Waals surface area contributed by atoms with Crippen molar-refractivity contribution in [1.82, 2.24) is 5.32 Å². The topological polar surface area (TPSA) is 55.1 Å². The lowest BCUT2D eigenvalue weighted by Crippen LogP contribution is -2.28. The van der Waals surface area contributed by atoms with Crippen LogP contribution in [0.2, 0.25) is 0 Å². The first-order valence-electron chi connectivity index (χ1n) is 6.87. The summed E-state index contributed by atoms with van der Waals surface area (Å²) in [7, 11) is 0. The number of carbonyl (C=O) groups excluding carboxylic acids is 1. The highest BCUT2D eigenvalue weighted by atomic mass is 16.1. The predicted molar refractivity (Wildman–Crippen MR) is 80.6 cm³/mol. The lowest BCUT2D eigenvalue weighted by atomic mass is 10.1. The van der Waals surface area contributed by atoms with Gasteiger partial charge >= 0.3 is 0 Å². The summed E-state index contributed by atoms with van der Waals surface area (Å²) < 4.78 is 0. The molecule has 3 heteroatoms. The van der Waals surface area contributed by atoms with Crippen LogP contribution in [0.25, 0.3) is 0 Å². The van der Waals surface area contributed by atoms with Gasteiger partial charge in [0, 0.05) is 17.6 Å². The van der Waals surface area contributed by atoms with E-state index in [2.05, 4.69) is 17.4 Å². The number of carbonyl (C=O) groups is 1. The van der Waals surface area contributed by atoms with E-state index >= 15 is 0 Å². The van der Waals surface area contributed by atoms with Crippen LogP contribution in [0.1, 0.15) is 33.8 Å². The van der Waals surface area contributed by atoms with Gasteiger partial charge in [-0.15, -0.1) is 0 Å². The average Bonchev–Trinajstić information content (AvgIpc) is 3.19. The van der Waals surface area contributed by atoms with Crippen LogP contribution in [0, 0.1) is 6.92 Å². The number of hydrogen-bond donors (Lipinski definition) is 2. The van der Waals surface area contributed by atoms with Crippen molar-refractivity contribution in [3.63, 3.8) is 0 Å². The third kappa shape index (κ3) is 2.39. The fraction of sp³-hybridized carbons (Fsp3) is 0.235. The van der Waals surface area contributed by atoms with Gasteiger partial charge in [0.15, 0.2) is 0 Å². The molecule has 1 aliphatic rings. The fourth-order valence-corrected chi connectivity index (χ4v) is 2.66. The van der Waals surface area contributed by atoms with Gasteiger partial charge in [-0.05, 0) is 30.5 Å². The highest BCUT2D eigenvalue weighted by Gasteiger charge is 2.39. The maximum Gasteiger partial charge on any atom is 0.253 e. The van der Waals surface area contributed by atoms with Gasteiger partial charge in [-0.3, -0.25) is 4.79 Å². The van der Waals surface area contributed by atoms with E-state index in [4.69, 9.17) is 5.73 Å². The van der Waals surface area contributed by atoms with E-state index in [1.54, 1.807) is 6.07 Å². The van der Waals surface area contributed by atoms with E-state index in [1.165, 1.54) is 5.56 Å². The first-order valence-corrected chi connectivity index (χ1v) is 6.87. The van der Waals surface area contributed by atoms with Gasteiger partial charge in [0.1, 0.15) is 0 Å². The molecule has 1 amide bonds. The summed E-state index contributed by atoms with van der Waals surface area (Å²) in [5, 5.41) is 3.08. The molecule has 3 nitrogen and oxygen atoms in total. The standard InChI is InChI=1S/C17H18N2O/c1-11-6-5-9-14(18)16(11)17(20)19-15-10-13(15)12-7-3-2-4-8-12/h2-9,13,15H,10,18H2,1H3,(H,19,20). The Labute approximate surface area is 118 Å².